The summed E-state index contributed by atoms with van der Waals surface area (Å²) in [6, 6.07) is 4.17. The van der Waals surface area contributed by atoms with Crippen molar-refractivity contribution >= 4 is 44.1 Å². The van der Waals surface area contributed by atoms with Gasteiger partial charge in [-0.25, -0.2) is 4.98 Å². The van der Waals surface area contributed by atoms with Gasteiger partial charge in [0.15, 0.2) is 0 Å². The molecular formula is C11H8IN3S. The maximum atomic E-state index is 4.67. The lowest BCUT2D eigenvalue weighted by Crippen LogP contribution is -1.85. The molecule has 0 saturated heterocycles. The maximum absolute atomic E-state index is 4.67. The fourth-order valence-corrected chi connectivity index (χ4v) is 3.33. The molecule has 3 nitrogen and oxygen atoms in total. The topological polar surface area (TPSA) is 30.7 Å². The molecule has 3 heterocycles. The van der Waals surface area contributed by atoms with Crippen LogP contribution in [0.3, 0.4) is 0 Å². The molecule has 0 aliphatic carbocycles. The Bertz CT molecular complexity index is 656. The van der Waals surface area contributed by atoms with Crippen molar-refractivity contribution in [3.05, 3.63) is 33.5 Å². The largest absolute Gasteiger partial charge is 0.275 e. The van der Waals surface area contributed by atoms with Crippen LogP contribution in [0.5, 0.6) is 0 Å². The van der Waals surface area contributed by atoms with Gasteiger partial charge >= 0.3 is 0 Å². The summed E-state index contributed by atoms with van der Waals surface area (Å²) >= 11 is 4.05. The molecule has 0 aromatic carbocycles. The number of nitrogens with zero attached hydrogens (tertiary/aromatic N) is 3. The van der Waals surface area contributed by atoms with Gasteiger partial charge in [0.05, 0.1) is 25.7 Å². The number of hydrogen-bond donors (Lipinski definition) is 0. The molecule has 16 heavy (non-hydrogen) atoms. The Morgan fingerprint density at radius 2 is 2.25 bits per heavy atom. The Kier molecular flexibility index (Phi) is 2.44. The minimum Gasteiger partial charge on any atom is -0.275 e. The zero-order chi connectivity index (χ0) is 11.1. The summed E-state index contributed by atoms with van der Waals surface area (Å²) in [6.07, 6.45) is 3.82. The minimum absolute atomic E-state index is 0.983. The first kappa shape index (κ1) is 10.2. The molecule has 0 saturated carbocycles. The van der Waals surface area contributed by atoms with Gasteiger partial charge in [-0.05, 0) is 34.7 Å². The number of pyridine rings is 1. The Labute approximate surface area is 110 Å². The van der Waals surface area contributed by atoms with E-state index >= 15 is 0 Å². The molecule has 0 radical (unpaired) electrons. The number of hydrogen-bond acceptors (Lipinski definition) is 3. The number of halogens is 1. The number of rotatable bonds is 1. The van der Waals surface area contributed by atoms with Gasteiger partial charge in [-0.2, -0.15) is 5.10 Å². The molecule has 0 N–H and O–H groups in total. The van der Waals surface area contributed by atoms with Gasteiger partial charge in [-0.1, -0.05) is 0 Å². The second-order valence-electron chi connectivity index (χ2n) is 3.53. The van der Waals surface area contributed by atoms with Crippen molar-refractivity contribution < 1.29 is 0 Å². The molecule has 0 aliphatic heterocycles. The summed E-state index contributed by atoms with van der Waals surface area (Å²) in [5, 5.41) is 6.29. The van der Waals surface area contributed by atoms with Crippen LogP contribution < -0.4 is 0 Å². The molecular weight excluding hydrogens is 333 g/mol. The van der Waals surface area contributed by atoms with Crippen molar-refractivity contribution in [2.75, 3.05) is 0 Å². The first-order valence-electron chi connectivity index (χ1n) is 4.77. The Morgan fingerprint density at radius 1 is 1.38 bits per heavy atom. The maximum Gasteiger partial charge on any atom is 0.0950 e. The molecule has 0 bridgehead atoms. The third kappa shape index (κ3) is 1.63. The van der Waals surface area contributed by atoms with Gasteiger partial charge in [0.1, 0.15) is 0 Å². The molecule has 0 atom stereocenters. The van der Waals surface area contributed by atoms with Crippen LogP contribution in [0.4, 0.5) is 0 Å². The SMILES string of the molecule is Cn1cc(-c2ccc3scc(I)c3n2)cn1. The van der Waals surface area contributed by atoms with Gasteiger partial charge in [0.25, 0.3) is 0 Å². The molecule has 0 amide bonds. The first-order chi connectivity index (χ1) is 7.74. The smallest absolute Gasteiger partial charge is 0.0950 e. The van der Waals surface area contributed by atoms with Crippen molar-refractivity contribution in [1.82, 2.24) is 14.8 Å². The molecule has 5 heteroatoms. The Balaban J connectivity index is 2.21. The van der Waals surface area contributed by atoms with E-state index in [0.29, 0.717) is 0 Å². The van der Waals surface area contributed by atoms with E-state index in [4.69, 9.17) is 0 Å². The Morgan fingerprint density at radius 3 is 3.00 bits per heavy atom. The van der Waals surface area contributed by atoms with Gasteiger partial charge in [0.2, 0.25) is 0 Å². The van der Waals surface area contributed by atoms with Crippen LogP contribution in [0.2, 0.25) is 0 Å². The summed E-state index contributed by atoms with van der Waals surface area (Å²) < 4.78 is 4.24. The van der Waals surface area contributed by atoms with E-state index in [1.165, 1.54) is 8.27 Å². The quantitative estimate of drug-likeness (QED) is 0.636. The average molecular weight is 341 g/mol. The highest BCUT2D eigenvalue weighted by molar-refractivity contribution is 14.1. The summed E-state index contributed by atoms with van der Waals surface area (Å²) in [5.41, 5.74) is 3.13. The summed E-state index contributed by atoms with van der Waals surface area (Å²) in [6.45, 7) is 0. The fourth-order valence-electron chi connectivity index (χ4n) is 1.60. The highest BCUT2D eigenvalue weighted by Crippen LogP contribution is 2.28. The zero-order valence-corrected chi connectivity index (χ0v) is 11.5. The van der Waals surface area contributed by atoms with E-state index in [2.05, 4.69) is 44.1 Å². The summed E-state index contributed by atoms with van der Waals surface area (Å²) in [5.74, 6) is 0. The van der Waals surface area contributed by atoms with E-state index in [1.807, 2.05) is 25.5 Å². The number of aryl methyl sites for hydroxylation is 1. The molecule has 0 spiro atoms. The van der Waals surface area contributed by atoms with Crippen LogP contribution in [0.25, 0.3) is 21.5 Å². The van der Waals surface area contributed by atoms with Gasteiger partial charge < -0.3 is 0 Å². The van der Waals surface area contributed by atoms with Crippen LogP contribution in [-0.4, -0.2) is 14.8 Å². The predicted molar refractivity (Wildman–Crippen MR) is 74.5 cm³/mol. The molecule has 3 aromatic heterocycles. The highest BCUT2D eigenvalue weighted by atomic mass is 127. The van der Waals surface area contributed by atoms with E-state index in [-0.39, 0.29) is 0 Å². The zero-order valence-electron chi connectivity index (χ0n) is 8.51. The van der Waals surface area contributed by atoms with Crippen molar-refractivity contribution in [2.24, 2.45) is 7.05 Å². The lowest BCUT2D eigenvalue weighted by atomic mass is 10.2. The second-order valence-corrected chi connectivity index (χ2v) is 5.60. The van der Waals surface area contributed by atoms with Crippen molar-refractivity contribution in [2.45, 2.75) is 0 Å². The molecule has 3 rings (SSSR count). The van der Waals surface area contributed by atoms with Gasteiger partial charge in [-0.15, -0.1) is 11.3 Å². The number of aromatic nitrogens is 3. The lowest BCUT2D eigenvalue weighted by molar-refractivity contribution is 0.768. The minimum atomic E-state index is 0.983. The van der Waals surface area contributed by atoms with E-state index < -0.39 is 0 Å². The molecule has 0 aliphatic rings. The summed E-state index contributed by atoms with van der Waals surface area (Å²) in [4.78, 5) is 4.67. The van der Waals surface area contributed by atoms with Crippen LogP contribution >= 0.6 is 33.9 Å². The predicted octanol–water partition coefficient (Wildman–Crippen LogP) is 3.30. The fraction of sp³-hybridized carbons (Fsp3) is 0.0909. The standard InChI is InChI=1S/C11H8IN3S/c1-15-5-7(4-13-15)9-2-3-10-11(14-9)8(12)6-16-10/h2-6H,1H3. The number of fused-ring (bicyclic) bond motifs is 1. The second kappa shape index (κ2) is 3.81. The Hall–Kier alpha value is -0.950. The molecule has 0 fully saturated rings. The van der Waals surface area contributed by atoms with Crippen molar-refractivity contribution in [3.8, 4) is 11.3 Å². The van der Waals surface area contributed by atoms with Crippen LogP contribution in [0, 0.1) is 3.57 Å². The third-order valence-electron chi connectivity index (χ3n) is 2.37. The van der Waals surface area contributed by atoms with Gasteiger partial charge in [-0.3, -0.25) is 4.68 Å². The molecule has 3 aromatic rings. The van der Waals surface area contributed by atoms with E-state index in [1.54, 1.807) is 16.0 Å². The van der Waals surface area contributed by atoms with E-state index in [0.717, 1.165) is 16.8 Å². The van der Waals surface area contributed by atoms with Crippen LogP contribution in [-0.2, 0) is 7.05 Å². The van der Waals surface area contributed by atoms with Gasteiger partial charge in [0, 0.05) is 24.2 Å². The normalized spacial score (nSPS) is 11.1. The molecule has 0 unspecified atom stereocenters. The van der Waals surface area contributed by atoms with Crippen molar-refractivity contribution in [1.29, 1.82) is 0 Å². The van der Waals surface area contributed by atoms with Crippen LogP contribution in [0.1, 0.15) is 0 Å². The molecule has 80 valence electrons. The van der Waals surface area contributed by atoms with Crippen molar-refractivity contribution in [3.63, 3.8) is 0 Å². The third-order valence-corrected chi connectivity index (χ3v) is 4.56. The summed E-state index contributed by atoms with van der Waals surface area (Å²) in [7, 11) is 1.91. The lowest BCUT2D eigenvalue weighted by Gasteiger charge is -1.96. The monoisotopic (exact) mass is 341 g/mol. The van der Waals surface area contributed by atoms with E-state index in [9.17, 15) is 0 Å². The highest BCUT2D eigenvalue weighted by Gasteiger charge is 2.06. The number of thiophene rings is 1. The average Bonchev–Trinajstić information content (AvgIpc) is 2.86. The van der Waals surface area contributed by atoms with Crippen LogP contribution in [0.15, 0.2) is 29.9 Å². The first-order valence-corrected chi connectivity index (χ1v) is 6.72.